The van der Waals surface area contributed by atoms with Gasteiger partial charge < -0.3 is 15.8 Å². The van der Waals surface area contributed by atoms with Crippen molar-refractivity contribution in [3.05, 3.63) is 138 Å². The average Bonchev–Trinajstić information content (AvgIpc) is 2.94. The zero-order chi connectivity index (χ0) is 25.2. The third-order valence-electron chi connectivity index (χ3n) is 5.75. The number of hydrogen-bond donors (Lipinski definition) is 2. The van der Waals surface area contributed by atoms with Gasteiger partial charge >= 0.3 is 11.9 Å². The van der Waals surface area contributed by atoms with Gasteiger partial charge in [-0.15, -0.1) is 11.8 Å². The molecule has 0 spiro atoms. The van der Waals surface area contributed by atoms with E-state index in [2.05, 4.69) is 41.7 Å². The van der Waals surface area contributed by atoms with E-state index in [1.807, 2.05) is 84.9 Å². The van der Waals surface area contributed by atoms with Gasteiger partial charge in [-0.05, 0) is 28.8 Å². The van der Waals surface area contributed by atoms with Crippen LogP contribution in [0.3, 0.4) is 0 Å². The zero-order valence-corrected chi connectivity index (χ0v) is 20.6. The molecule has 5 nitrogen and oxygen atoms in total. The number of para-hydroxylation sites is 1. The van der Waals surface area contributed by atoms with Gasteiger partial charge in [0.25, 0.3) is 0 Å². The Kier molecular flexibility index (Phi) is 8.55. The molecular weight excluding hydrogens is 468 g/mol. The van der Waals surface area contributed by atoms with Gasteiger partial charge in [0.2, 0.25) is 0 Å². The summed E-state index contributed by atoms with van der Waals surface area (Å²) in [6.07, 6.45) is 0. The first-order valence-corrected chi connectivity index (χ1v) is 12.7. The summed E-state index contributed by atoms with van der Waals surface area (Å²) in [7, 11) is 0. The Labute approximate surface area is 215 Å². The van der Waals surface area contributed by atoms with E-state index in [1.165, 1.54) is 0 Å². The predicted molar refractivity (Wildman–Crippen MR) is 146 cm³/mol. The molecule has 0 aliphatic carbocycles. The standard InChI is InChI=1S/C30H28N2O3S/c31-27(29(34)35-28(33)21-32-26-19-11-4-12-20-26)22-36-30(23-13-5-1-6-14-23,24-15-7-2-8-16-24)25-17-9-3-10-18-25/h1-20,27,32H,21-22,31H2/t27-/m0/s1. The van der Waals surface area contributed by atoms with Crippen LogP contribution >= 0.6 is 11.8 Å². The number of nitrogens with two attached hydrogens (primary N) is 1. The van der Waals surface area contributed by atoms with Gasteiger partial charge in [0.05, 0.1) is 4.75 Å². The summed E-state index contributed by atoms with van der Waals surface area (Å²) in [4.78, 5) is 24.9. The first-order valence-electron chi connectivity index (χ1n) is 11.7. The molecule has 4 aromatic carbocycles. The molecule has 0 aliphatic rings. The number of benzene rings is 4. The fraction of sp³-hybridized carbons (Fsp3) is 0.133. The SMILES string of the molecule is N[C@@H](CSC(c1ccccc1)(c1ccccc1)c1ccccc1)C(=O)OC(=O)CNc1ccccc1. The Morgan fingerprint density at radius 3 is 1.58 bits per heavy atom. The molecule has 0 aliphatic heterocycles. The maximum atomic E-state index is 12.7. The second-order valence-corrected chi connectivity index (χ2v) is 9.44. The maximum absolute atomic E-state index is 12.7. The van der Waals surface area contributed by atoms with Gasteiger partial charge in [0.15, 0.2) is 0 Å². The van der Waals surface area contributed by atoms with Crippen molar-refractivity contribution in [1.29, 1.82) is 0 Å². The van der Waals surface area contributed by atoms with Gasteiger partial charge in [-0.2, -0.15) is 0 Å². The Hall–Kier alpha value is -3.87. The normalized spacial score (nSPS) is 11.9. The quantitative estimate of drug-likeness (QED) is 0.178. The number of carbonyl (C=O) groups is 2. The summed E-state index contributed by atoms with van der Waals surface area (Å²) in [6.45, 7) is -0.127. The molecule has 3 N–H and O–H groups in total. The van der Waals surface area contributed by atoms with Crippen LogP contribution in [0.1, 0.15) is 16.7 Å². The maximum Gasteiger partial charge on any atom is 0.333 e. The van der Waals surface area contributed by atoms with Crippen LogP contribution in [0.2, 0.25) is 0 Å². The molecule has 6 heteroatoms. The van der Waals surface area contributed by atoms with Crippen molar-refractivity contribution in [2.75, 3.05) is 17.6 Å². The fourth-order valence-corrected chi connectivity index (χ4v) is 5.48. The Balaban J connectivity index is 1.53. The number of carbonyl (C=O) groups excluding carboxylic acids is 2. The predicted octanol–water partition coefficient (Wildman–Crippen LogP) is 5.22. The Bertz CT molecular complexity index is 1160. The molecule has 4 aromatic rings. The van der Waals surface area contributed by atoms with Crippen LogP contribution in [0.25, 0.3) is 0 Å². The second kappa shape index (κ2) is 12.2. The van der Waals surface area contributed by atoms with E-state index in [9.17, 15) is 9.59 Å². The van der Waals surface area contributed by atoms with Crippen LogP contribution in [0.15, 0.2) is 121 Å². The molecule has 1 atom stereocenters. The smallest absolute Gasteiger partial charge is 0.333 e. The number of hydrogen-bond acceptors (Lipinski definition) is 6. The minimum atomic E-state index is -0.980. The molecular formula is C30H28N2O3S. The molecule has 0 heterocycles. The van der Waals surface area contributed by atoms with Crippen molar-refractivity contribution >= 4 is 29.4 Å². The van der Waals surface area contributed by atoms with Crippen molar-refractivity contribution in [3.63, 3.8) is 0 Å². The van der Waals surface area contributed by atoms with Crippen molar-refractivity contribution in [3.8, 4) is 0 Å². The minimum Gasteiger partial charge on any atom is -0.391 e. The van der Waals surface area contributed by atoms with E-state index in [-0.39, 0.29) is 12.3 Å². The van der Waals surface area contributed by atoms with Crippen LogP contribution in [0.4, 0.5) is 5.69 Å². The summed E-state index contributed by atoms with van der Waals surface area (Å²) in [5, 5.41) is 2.94. The van der Waals surface area contributed by atoms with Crippen LogP contribution in [-0.2, 0) is 19.1 Å². The van der Waals surface area contributed by atoms with Gasteiger partial charge in [-0.25, -0.2) is 9.59 Å². The van der Waals surface area contributed by atoms with Crippen LogP contribution in [0.5, 0.6) is 0 Å². The lowest BCUT2D eigenvalue weighted by Gasteiger charge is -2.36. The van der Waals surface area contributed by atoms with Gasteiger partial charge in [0.1, 0.15) is 12.6 Å². The highest BCUT2D eigenvalue weighted by Crippen LogP contribution is 2.48. The molecule has 0 amide bonds. The highest BCUT2D eigenvalue weighted by atomic mass is 32.2. The van der Waals surface area contributed by atoms with E-state index in [0.717, 1.165) is 22.4 Å². The van der Waals surface area contributed by atoms with Crippen molar-refractivity contribution < 1.29 is 14.3 Å². The molecule has 182 valence electrons. The molecule has 0 saturated carbocycles. The van der Waals surface area contributed by atoms with Gasteiger partial charge in [-0.1, -0.05) is 109 Å². The first-order chi connectivity index (χ1) is 17.6. The lowest BCUT2D eigenvalue weighted by atomic mass is 9.84. The van der Waals surface area contributed by atoms with E-state index in [0.29, 0.717) is 0 Å². The van der Waals surface area contributed by atoms with Crippen molar-refractivity contribution in [2.24, 2.45) is 5.73 Å². The number of ether oxygens (including phenoxy) is 1. The number of esters is 2. The van der Waals surface area contributed by atoms with Crippen LogP contribution in [0, 0.1) is 0 Å². The monoisotopic (exact) mass is 496 g/mol. The van der Waals surface area contributed by atoms with Crippen LogP contribution in [-0.4, -0.2) is 30.3 Å². The average molecular weight is 497 g/mol. The van der Waals surface area contributed by atoms with E-state index >= 15 is 0 Å². The topological polar surface area (TPSA) is 81.4 Å². The number of nitrogens with one attached hydrogen (secondary N) is 1. The van der Waals surface area contributed by atoms with E-state index in [1.54, 1.807) is 11.8 Å². The number of thioether (sulfide) groups is 1. The Morgan fingerprint density at radius 1 is 0.722 bits per heavy atom. The number of anilines is 1. The minimum absolute atomic E-state index is 0.127. The Morgan fingerprint density at radius 2 is 1.14 bits per heavy atom. The van der Waals surface area contributed by atoms with E-state index in [4.69, 9.17) is 10.5 Å². The third-order valence-corrected chi connectivity index (χ3v) is 7.41. The summed E-state index contributed by atoms with van der Waals surface area (Å²) in [6, 6.07) is 38.7. The molecule has 36 heavy (non-hydrogen) atoms. The molecule has 0 unspecified atom stereocenters. The highest BCUT2D eigenvalue weighted by molar-refractivity contribution is 8.00. The van der Waals surface area contributed by atoms with Gasteiger partial charge in [0, 0.05) is 11.4 Å². The van der Waals surface area contributed by atoms with Gasteiger partial charge in [-0.3, -0.25) is 0 Å². The third kappa shape index (κ3) is 6.03. The molecule has 0 saturated heterocycles. The lowest BCUT2D eigenvalue weighted by Crippen LogP contribution is -2.39. The van der Waals surface area contributed by atoms with Crippen molar-refractivity contribution in [2.45, 2.75) is 10.8 Å². The summed E-state index contributed by atoms with van der Waals surface area (Å²) >= 11 is 1.55. The number of rotatable bonds is 10. The van der Waals surface area contributed by atoms with Crippen molar-refractivity contribution in [1.82, 2.24) is 0 Å². The molecule has 0 bridgehead atoms. The molecule has 0 radical (unpaired) electrons. The van der Waals surface area contributed by atoms with E-state index < -0.39 is 22.7 Å². The molecule has 0 fully saturated rings. The molecule has 0 aromatic heterocycles. The lowest BCUT2D eigenvalue weighted by molar-refractivity contribution is -0.158. The zero-order valence-electron chi connectivity index (χ0n) is 19.7. The highest BCUT2D eigenvalue weighted by Gasteiger charge is 2.38. The summed E-state index contributed by atoms with van der Waals surface area (Å²) in [5.74, 6) is -1.17. The molecule has 4 rings (SSSR count). The second-order valence-electron chi connectivity index (χ2n) is 8.21. The largest absolute Gasteiger partial charge is 0.391 e. The summed E-state index contributed by atoms with van der Waals surface area (Å²) in [5.41, 5.74) is 10.2. The first kappa shape index (κ1) is 25.2. The van der Waals surface area contributed by atoms with Crippen LogP contribution < -0.4 is 11.1 Å². The summed E-state index contributed by atoms with van der Waals surface area (Å²) < 4.78 is 4.43. The fourth-order valence-electron chi connectivity index (χ4n) is 4.01.